The van der Waals surface area contributed by atoms with Crippen LogP contribution < -0.4 is 5.73 Å². The molecule has 1 aliphatic heterocycles. The molecule has 3 rings (SSSR count). The van der Waals surface area contributed by atoms with Crippen molar-refractivity contribution in [3.63, 3.8) is 0 Å². The molecule has 0 aromatic heterocycles. The maximum atomic E-state index is 6.68. The van der Waals surface area contributed by atoms with E-state index in [-0.39, 0.29) is 11.1 Å². The predicted molar refractivity (Wildman–Crippen MR) is 79.2 cm³/mol. The molecule has 3 aliphatic rings. The fourth-order valence-corrected chi connectivity index (χ4v) is 4.69. The topological polar surface area (TPSA) is 35.2 Å². The van der Waals surface area contributed by atoms with Crippen LogP contribution in [-0.2, 0) is 4.74 Å². The zero-order valence-electron chi connectivity index (χ0n) is 12.5. The van der Waals surface area contributed by atoms with Gasteiger partial charge in [0.05, 0.1) is 11.7 Å². The first-order valence-electron chi connectivity index (χ1n) is 8.67. The summed E-state index contributed by atoms with van der Waals surface area (Å²) in [6.07, 6.45) is 18.8. The molecule has 0 bridgehead atoms. The van der Waals surface area contributed by atoms with Gasteiger partial charge in [-0.05, 0) is 44.9 Å². The molecule has 2 heteroatoms. The molecule has 1 heterocycles. The van der Waals surface area contributed by atoms with E-state index in [0.717, 1.165) is 6.42 Å². The normalized spacial score (nSPS) is 34.3. The quantitative estimate of drug-likeness (QED) is 0.755. The molecular formula is C17H31NO. The van der Waals surface area contributed by atoms with E-state index >= 15 is 0 Å². The van der Waals surface area contributed by atoms with E-state index in [1.807, 2.05) is 0 Å². The molecule has 1 spiro atoms. The minimum absolute atomic E-state index is 0.0847. The Kier molecular flexibility index (Phi) is 4.19. The summed E-state index contributed by atoms with van der Waals surface area (Å²) in [4.78, 5) is 0. The molecule has 0 amide bonds. The van der Waals surface area contributed by atoms with Gasteiger partial charge in [0.2, 0.25) is 0 Å². The monoisotopic (exact) mass is 265 g/mol. The van der Waals surface area contributed by atoms with Crippen LogP contribution in [0.1, 0.15) is 89.9 Å². The van der Waals surface area contributed by atoms with Crippen LogP contribution in [0.3, 0.4) is 0 Å². The number of hydrogen-bond donors (Lipinski definition) is 1. The van der Waals surface area contributed by atoms with Crippen LogP contribution in [-0.4, -0.2) is 17.2 Å². The lowest BCUT2D eigenvalue weighted by molar-refractivity contribution is -0.0719. The molecule has 19 heavy (non-hydrogen) atoms. The fourth-order valence-electron chi connectivity index (χ4n) is 4.69. The van der Waals surface area contributed by atoms with Crippen LogP contribution in [0.5, 0.6) is 0 Å². The largest absolute Gasteiger partial charge is 0.372 e. The predicted octanol–water partition coefficient (Wildman–Crippen LogP) is 4.31. The van der Waals surface area contributed by atoms with Crippen molar-refractivity contribution >= 4 is 0 Å². The van der Waals surface area contributed by atoms with Crippen molar-refractivity contribution in [2.75, 3.05) is 0 Å². The van der Waals surface area contributed by atoms with E-state index in [4.69, 9.17) is 10.5 Å². The Balaban J connectivity index is 1.55. The van der Waals surface area contributed by atoms with Crippen molar-refractivity contribution in [3.8, 4) is 0 Å². The van der Waals surface area contributed by atoms with E-state index in [1.54, 1.807) is 0 Å². The highest BCUT2D eigenvalue weighted by Crippen LogP contribution is 2.44. The first kappa shape index (κ1) is 13.9. The van der Waals surface area contributed by atoms with Gasteiger partial charge in [-0.25, -0.2) is 0 Å². The summed E-state index contributed by atoms with van der Waals surface area (Å²) in [5.74, 6) is 0. The Morgan fingerprint density at radius 1 is 0.789 bits per heavy atom. The second-order valence-electron chi connectivity index (χ2n) is 7.50. The molecular weight excluding hydrogens is 234 g/mol. The van der Waals surface area contributed by atoms with Crippen LogP contribution in [0.2, 0.25) is 0 Å². The molecule has 2 nitrogen and oxygen atoms in total. The zero-order chi connectivity index (χ0) is 13.2. The summed E-state index contributed by atoms with van der Waals surface area (Å²) in [5.41, 5.74) is 7.03. The summed E-state index contributed by atoms with van der Waals surface area (Å²) in [6, 6.07) is 0. The van der Waals surface area contributed by atoms with Crippen LogP contribution >= 0.6 is 0 Å². The standard InChI is InChI=1S/C17H31NO/c18-16(9-4-1-2-5-10-16)14-15-8-13-17(19-15)11-6-3-7-12-17/h15H,1-14,18H2. The lowest BCUT2D eigenvalue weighted by Gasteiger charge is -2.35. The lowest BCUT2D eigenvalue weighted by atomic mass is 9.82. The molecule has 0 aromatic carbocycles. The van der Waals surface area contributed by atoms with Gasteiger partial charge in [0.1, 0.15) is 0 Å². The van der Waals surface area contributed by atoms with Gasteiger partial charge >= 0.3 is 0 Å². The minimum Gasteiger partial charge on any atom is -0.372 e. The molecule has 3 fully saturated rings. The average molecular weight is 265 g/mol. The van der Waals surface area contributed by atoms with Crippen molar-refractivity contribution in [3.05, 3.63) is 0 Å². The van der Waals surface area contributed by atoms with E-state index < -0.39 is 0 Å². The van der Waals surface area contributed by atoms with Gasteiger partial charge in [-0.2, -0.15) is 0 Å². The molecule has 1 saturated heterocycles. The Bertz CT molecular complexity index is 288. The highest BCUT2D eigenvalue weighted by Gasteiger charge is 2.43. The molecule has 0 aromatic rings. The van der Waals surface area contributed by atoms with E-state index in [2.05, 4.69) is 0 Å². The molecule has 110 valence electrons. The third kappa shape index (κ3) is 3.33. The van der Waals surface area contributed by atoms with Gasteiger partial charge < -0.3 is 10.5 Å². The van der Waals surface area contributed by atoms with Crippen LogP contribution in [0.15, 0.2) is 0 Å². The van der Waals surface area contributed by atoms with Gasteiger partial charge in [0, 0.05) is 5.54 Å². The number of hydrogen-bond acceptors (Lipinski definition) is 2. The number of rotatable bonds is 2. The third-order valence-electron chi connectivity index (χ3n) is 5.84. The molecule has 1 atom stereocenters. The summed E-state index contributed by atoms with van der Waals surface area (Å²) in [5, 5.41) is 0. The number of ether oxygens (including phenoxy) is 1. The van der Waals surface area contributed by atoms with Gasteiger partial charge in [-0.3, -0.25) is 0 Å². The third-order valence-corrected chi connectivity index (χ3v) is 5.84. The van der Waals surface area contributed by atoms with E-state index in [0.29, 0.717) is 6.10 Å². The molecule has 2 aliphatic carbocycles. The number of nitrogens with two attached hydrogens (primary N) is 1. The second-order valence-corrected chi connectivity index (χ2v) is 7.50. The van der Waals surface area contributed by atoms with Crippen molar-refractivity contribution in [2.45, 2.75) is 107 Å². The lowest BCUT2D eigenvalue weighted by Crippen LogP contribution is -2.43. The summed E-state index contributed by atoms with van der Waals surface area (Å²) in [7, 11) is 0. The first-order chi connectivity index (χ1) is 9.20. The molecule has 0 radical (unpaired) electrons. The smallest absolute Gasteiger partial charge is 0.0687 e. The Labute approximate surface area is 118 Å². The average Bonchev–Trinajstić information content (AvgIpc) is 2.64. The highest BCUT2D eigenvalue weighted by atomic mass is 16.5. The van der Waals surface area contributed by atoms with Gasteiger partial charge in [-0.15, -0.1) is 0 Å². The summed E-state index contributed by atoms with van der Waals surface area (Å²) >= 11 is 0. The second kappa shape index (κ2) is 5.73. The van der Waals surface area contributed by atoms with E-state index in [1.165, 1.54) is 83.5 Å². The van der Waals surface area contributed by atoms with Gasteiger partial charge in [-0.1, -0.05) is 44.9 Å². The molecule has 2 saturated carbocycles. The minimum atomic E-state index is 0.0847. The summed E-state index contributed by atoms with van der Waals surface area (Å²) < 4.78 is 6.52. The SMILES string of the molecule is NC1(CC2CCC3(CCCCC3)O2)CCCCCC1. The zero-order valence-corrected chi connectivity index (χ0v) is 12.5. The Morgan fingerprint density at radius 3 is 2.05 bits per heavy atom. The van der Waals surface area contributed by atoms with Crippen molar-refractivity contribution in [1.29, 1.82) is 0 Å². The van der Waals surface area contributed by atoms with E-state index in [9.17, 15) is 0 Å². The van der Waals surface area contributed by atoms with Crippen LogP contribution in [0.4, 0.5) is 0 Å². The van der Waals surface area contributed by atoms with Crippen LogP contribution in [0.25, 0.3) is 0 Å². The maximum absolute atomic E-state index is 6.68. The van der Waals surface area contributed by atoms with Gasteiger partial charge in [0.25, 0.3) is 0 Å². The maximum Gasteiger partial charge on any atom is 0.0687 e. The van der Waals surface area contributed by atoms with Crippen molar-refractivity contribution < 1.29 is 4.74 Å². The Morgan fingerprint density at radius 2 is 1.37 bits per heavy atom. The molecule has 1 unspecified atom stereocenters. The van der Waals surface area contributed by atoms with Gasteiger partial charge in [0.15, 0.2) is 0 Å². The fraction of sp³-hybridized carbons (Fsp3) is 1.00. The van der Waals surface area contributed by atoms with Crippen molar-refractivity contribution in [2.24, 2.45) is 5.73 Å². The Hall–Kier alpha value is -0.0800. The highest BCUT2D eigenvalue weighted by molar-refractivity contribution is 4.96. The van der Waals surface area contributed by atoms with Crippen LogP contribution in [0, 0.1) is 0 Å². The summed E-state index contributed by atoms with van der Waals surface area (Å²) in [6.45, 7) is 0. The first-order valence-corrected chi connectivity index (χ1v) is 8.67. The van der Waals surface area contributed by atoms with Crippen molar-refractivity contribution in [1.82, 2.24) is 0 Å². The molecule has 2 N–H and O–H groups in total.